The van der Waals surface area contributed by atoms with E-state index in [2.05, 4.69) is 9.78 Å². The maximum atomic E-state index is 11.1. The summed E-state index contributed by atoms with van der Waals surface area (Å²) in [6.45, 7) is 1.23. The first-order chi connectivity index (χ1) is 10.7. The van der Waals surface area contributed by atoms with Crippen molar-refractivity contribution in [3.8, 4) is 0 Å². The summed E-state index contributed by atoms with van der Waals surface area (Å²) < 4.78 is 4.73. The first-order valence-corrected chi connectivity index (χ1v) is 5.65. The number of benzene rings is 1. The number of rotatable bonds is 5. The van der Waals surface area contributed by atoms with Crippen LogP contribution in [-0.2, 0) is 4.74 Å². The van der Waals surface area contributed by atoms with Gasteiger partial charge in [-0.05, 0) is 0 Å². The Hall–Kier alpha value is -3.73. The van der Waals surface area contributed by atoms with Crippen LogP contribution in [0.1, 0.15) is 6.92 Å². The van der Waals surface area contributed by atoms with Gasteiger partial charge in [-0.15, -0.1) is 0 Å². The van der Waals surface area contributed by atoms with E-state index >= 15 is 0 Å². The first-order valence-electron chi connectivity index (χ1n) is 5.65. The highest BCUT2D eigenvalue weighted by molar-refractivity contribution is 6.36. The van der Waals surface area contributed by atoms with Gasteiger partial charge in [-0.2, -0.15) is 9.78 Å². The lowest BCUT2D eigenvalue weighted by Crippen LogP contribution is -2.13. The molecule has 0 aliphatic rings. The Morgan fingerprint density at radius 1 is 1.13 bits per heavy atom. The molecule has 1 rings (SSSR count). The van der Waals surface area contributed by atoms with Crippen LogP contribution in [0.4, 0.5) is 22.7 Å². The Morgan fingerprint density at radius 3 is 1.91 bits per heavy atom. The minimum absolute atomic E-state index is 0.213. The minimum atomic E-state index is -1.06. The zero-order valence-corrected chi connectivity index (χ0v) is 11.7. The molecular formula is C10H8N6O7. The minimum Gasteiger partial charge on any atom is -0.476 e. The third-order valence-corrected chi connectivity index (χ3v) is 2.52. The number of hydrogen-bond acceptors (Lipinski definition) is 8. The third kappa shape index (κ3) is 3.68. The van der Waals surface area contributed by atoms with E-state index in [1.807, 2.05) is 0 Å². The van der Waals surface area contributed by atoms with Crippen molar-refractivity contribution < 1.29 is 24.3 Å². The molecule has 120 valence electrons. The summed E-state index contributed by atoms with van der Waals surface area (Å²) in [6, 6.07) is 1.06. The smallest absolute Gasteiger partial charge is 0.350 e. The van der Waals surface area contributed by atoms with E-state index in [1.54, 1.807) is 0 Å². The third-order valence-electron chi connectivity index (χ3n) is 2.52. The first kappa shape index (κ1) is 17.3. The number of hydrogen-bond donors (Lipinski definition) is 0. The van der Waals surface area contributed by atoms with Crippen LogP contribution in [0, 0.1) is 30.3 Å². The molecule has 0 aliphatic heterocycles. The number of ether oxygens (including phenoxy) is 1. The Morgan fingerprint density at radius 2 is 1.61 bits per heavy atom. The van der Waals surface area contributed by atoms with Crippen LogP contribution in [0.25, 0.3) is 5.53 Å². The molecule has 0 unspecified atom stereocenters. The zero-order chi connectivity index (χ0) is 17.7. The summed E-state index contributed by atoms with van der Waals surface area (Å²) >= 11 is 0. The number of nitrogens with zero attached hydrogens (tertiary/aromatic N) is 6. The summed E-state index contributed by atoms with van der Waals surface area (Å²) in [4.78, 5) is 36.1. The number of aliphatic imine (C=N–C) groups is 1. The van der Waals surface area contributed by atoms with Crippen LogP contribution >= 0.6 is 0 Å². The summed E-state index contributed by atoms with van der Waals surface area (Å²) in [7, 11) is 1.09. The Balaban J connectivity index is 3.85. The lowest BCUT2D eigenvalue weighted by Gasteiger charge is -2.02. The van der Waals surface area contributed by atoms with Gasteiger partial charge in [-0.1, -0.05) is 0 Å². The molecule has 0 fully saturated rings. The predicted octanol–water partition coefficient (Wildman–Crippen LogP) is 1.78. The second-order valence-electron chi connectivity index (χ2n) is 3.91. The fraction of sp³-hybridized carbons (Fsp3) is 0.200. The monoisotopic (exact) mass is 324 g/mol. The van der Waals surface area contributed by atoms with Crippen molar-refractivity contribution in [2.45, 2.75) is 6.92 Å². The molecule has 0 atom stereocenters. The quantitative estimate of drug-likeness (QED) is 0.197. The standard InChI is InChI=1S/C10H8N6O7/c1-5(13-11)10(23-2)12-9-7(15(19)20)3-6(14(17)18)4-8(9)16(21)22/h3-4H,1-2H3. The van der Waals surface area contributed by atoms with E-state index < -0.39 is 43.4 Å². The highest BCUT2D eigenvalue weighted by atomic mass is 16.6. The van der Waals surface area contributed by atoms with Crippen LogP contribution in [0.5, 0.6) is 0 Å². The van der Waals surface area contributed by atoms with Gasteiger partial charge in [0.25, 0.3) is 5.69 Å². The maximum Gasteiger partial charge on any atom is 0.350 e. The number of nitro benzene ring substituents is 3. The van der Waals surface area contributed by atoms with Crippen molar-refractivity contribution in [2.24, 2.45) is 4.99 Å². The molecule has 23 heavy (non-hydrogen) atoms. The average Bonchev–Trinajstić information content (AvgIpc) is 2.50. The molecule has 0 amide bonds. The van der Waals surface area contributed by atoms with Crippen LogP contribution < -0.4 is 0 Å². The van der Waals surface area contributed by atoms with Gasteiger partial charge in [0.05, 0.1) is 34.0 Å². The fourth-order valence-electron chi connectivity index (χ4n) is 1.51. The van der Waals surface area contributed by atoms with Crippen LogP contribution in [0.15, 0.2) is 17.1 Å². The molecule has 0 saturated heterocycles. The predicted molar refractivity (Wildman–Crippen MR) is 74.8 cm³/mol. The number of methoxy groups -OCH3 is 1. The summed E-state index contributed by atoms with van der Waals surface area (Å²) in [5.74, 6) is -0.437. The molecule has 0 aliphatic carbocycles. The van der Waals surface area contributed by atoms with Gasteiger partial charge in [-0.25, -0.2) is 0 Å². The Bertz CT molecular complexity index is 745. The molecule has 0 spiro atoms. The number of non-ortho nitro benzene ring substituents is 1. The SMILES string of the molecule is COC(=Nc1c([N+](=O)[O-])cc([N+](=O)[O-])cc1[N+](=O)[O-])C(C)=[N+]=[N-]. The van der Waals surface area contributed by atoms with Gasteiger partial charge in [0.1, 0.15) is 0 Å². The summed E-state index contributed by atoms with van der Waals surface area (Å²) in [6.07, 6.45) is 0. The van der Waals surface area contributed by atoms with Gasteiger partial charge in [-0.3, -0.25) is 30.3 Å². The summed E-state index contributed by atoms with van der Waals surface area (Å²) in [5, 5.41) is 32.8. The number of nitro groups is 3. The molecule has 0 heterocycles. The highest BCUT2D eigenvalue weighted by Gasteiger charge is 2.32. The molecule has 0 bridgehead atoms. The fourth-order valence-corrected chi connectivity index (χ4v) is 1.51. The van der Waals surface area contributed by atoms with Crippen molar-refractivity contribution >= 4 is 34.4 Å². The van der Waals surface area contributed by atoms with Gasteiger partial charge in [0.15, 0.2) is 0 Å². The van der Waals surface area contributed by atoms with Crippen molar-refractivity contribution in [2.75, 3.05) is 7.11 Å². The molecule has 1 aromatic carbocycles. The van der Waals surface area contributed by atoms with E-state index in [0.717, 1.165) is 7.11 Å². The van der Waals surface area contributed by atoms with E-state index in [-0.39, 0.29) is 5.71 Å². The molecular weight excluding hydrogens is 316 g/mol. The molecule has 13 heteroatoms. The molecule has 1 aromatic rings. The normalized spacial score (nSPS) is 10.6. The van der Waals surface area contributed by atoms with Gasteiger partial charge in [0.2, 0.25) is 5.69 Å². The lowest BCUT2D eigenvalue weighted by atomic mass is 10.2. The zero-order valence-electron chi connectivity index (χ0n) is 11.7. The molecule has 0 radical (unpaired) electrons. The van der Waals surface area contributed by atoms with Crippen LogP contribution in [0.2, 0.25) is 0 Å². The average molecular weight is 324 g/mol. The van der Waals surface area contributed by atoms with E-state index in [4.69, 9.17) is 10.3 Å². The second-order valence-corrected chi connectivity index (χ2v) is 3.91. The second kappa shape index (κ2) is 6.82. The van der Waals surface area contributed by atoms with E-state index in [1.165, 1.54) is 6.92 Å². The van der Waals surface area contributed by atoms with Crippen LogP contribution in [0.3, 0.4) is 0 Å². The van der Waals surface area contributed by atoms with Crippen molar-refractivity contribution in [3.63, 3.8) is 0 Å². The van der Waals surface area contributed by atoms with Crippen molar-refractivity contribution in [1.29, 1.82) is 0 Å². The molecule has 0 saturated carbocycles. The van der Waals surface area contributed by atoms with Crippen molar-refractivity contribution in [1.82, 2.24) is 0 Å². The molecule has 0 N–H and O–H groups in total. The topological polar surface area (TPSA) is 187 Å². The maximum absolute atomic E-state index is 11.1. The van der Waals surface area contributed by atoms with Gasteiger partial charge in [0, 0.05) is 6.92 Å². The highest BCUT2D eigenvalue weighted by Crippen LogP contribution is 2.40. The Labute approximate surface area is 126 Å². The van der Waals surface area contributed by atoms with E-state index in [9.17, 15) is 30.3 Å². The van der Waals surface area contributed by atoms with Crippen LogP contribution in [-0.4, -0.2) is 38.3 Å². The van der Waals surface area contributed by atoms with Gasteiger partial charge < -0.3 is 10.3 Å². The lowest BCUT2D eigenvalue weighted by molar-refractivity contribution is -0.402. The van der Waals surface area contributed by atoms with Gasteiger partial charge >= 0.3 is 23.0 Å². The Kier molecular flexibility index (Phi) is 5.13. The largest absolute Gasteiger partial charge is 0.476 e. The molecule has 13 nitrogen and oxygen atoms in total. The molecule has 0 aromatic heterocycles. The summed E-state index contributed by atoms with van der Waals surface area (Å²) in [5.41, 5.74) is 4.90. The van der Waals surface area contributed by atoms with Crippen molar-refractivity contribution in [3.05, 3.63) is 48.0 Å². The van der Waals surface area contributed by atoms with E-state index in [0.29, 0.717) is 12.1 Å².